The minimum Gasteiger partial charge on any atom is -0.377 e. The van der Waals surface area contributed by atoms with E-state index in [0.29, 0.717) is 18.1 Å². The summed E-state index contributed by atoms with van der Waals surface area (Å²) < 4.78 is 5.88. The van der Waals surface area contributed by atoms with E-state index in [2.05, 4.69) is 43.2 Å². The van der Waals surface area contributed by atoms with E-state index in [4.69, 9.17) is 9.73 Å². The van der Waals surface area contributed by atoms with Crippen LogP contribution in [0.4, 0.5) is 0 Å². The van der Waals surface area contributed by atoms with Gasteiger partial charge in [0, 0.05) is 35.8 Å². The molecule has 2 N–H and O–H groups in total. The minimum absolute atomic E-state index is 0.208. The van der Waals surface area contributed by atoms with E-state index in [-0.39, 0.29) is 5.41 Å². The molecule has 4 unspecified atom stereocenters. The van der Waals surface area contributed by atoms with Crippen LogP contribution in [0.25, 0.3) is 0 Å². The summed E-state index contributed by atoms with van der Waals surface area (Å²) in [5.41, 5.74) is 0.208. The van der Waals surface area contributed by atoms with Gasteiger partial charge in [0.05, 0.1) is 12.6 Å². The fourth-order valence-corrected chi connectivity index (χ4v) is 5.25. The lowest BCUT2D eigenvalue weighted by Crippen LogP contribution is -2.68. The molecule has 4 atom stereocenters. The van der Waals surface area contributed by atoms with Crippen LogP contribution in [0.2, 0.25) is 0 Å². The number of hydrogen-bond donors (Lipinski definition) is 2. The fraction of sp³-hybridized carbons (Fsp3) is 0.938. The molecule has 0 aromatic rings. The number of nitrogens with one attached hydrogen (secondary N) is 2. The van der Waals surface area contributed by atoms with Gasteiger partial charge in [-0.1, -0.05) is 13.8 Å². The molecule has 2 heterocycles. The van der Waals surface area contributed by atoms with Gasteiger partial charge in [-0.25, -0.2) is 0 Å². The lowest BCUT2D eigenvalue weighted by molar-refractivity contribution is -0.106. The number of thioether (sulfide) groups is 1. The third-order valence-electron chi connectivity index (χ3n) is 5.21. The van der Waals surface area contributed by atoms with E-state index in [1.54, 1.807) is 0 Å². The first kappa shape index (κ1) is 15.5. The SMILES string of the molecule is CCNC(=NCC1CCCS1)NC1C2CCOC2C1(C)C. The van der Waals surface area contributed by atoms with Crippen LogP contribution in [0.5, 0.6) is 0 Å². The Morgan fingerprint density at radius 2 is 2.24 bits per heavy atom. The van der Waals surface area contributed by atoms with Crippen molar-refractivity contribution in [3.8, 4) is 0 Å². The second-order valence-electron chi connectivity index (χ2n) is 7.04. The van der Waals surface area contributed by atoms with Crippen molar-refractivity contribution in [2.75, 3.05) is 25.4 Å². The van der Waals surface area contributed by atoms with Crippen molar-refractivity contribution in [1.29, 1.82) is 0 Å². The van der Waals surface area contributed by atoms with E-state index in [9.17, 15) is 0 Å². The van der Waals surface area contributed by atoms with Gasteiger partial charge in [0.15, 0.2) is 5.96 Å². The summed E-state index contributed by atoms with van der Waals surface area (Å²) in [6.07, 6.45) is 4.29. The number of rotatable bonds is 4. The normalized spacial score (nSPS) is 38.0. The molecule has 3 aliphatic rings. The maximum atomic E-state index is 5.88. The van der Waals surface area contributed by atoms with Gasteiger partial charge in [0.2, 0.25) is 0 Å². The standard InChI is InChI=1S/C16H29N3OS/c1-4-17-15(18-10-11-6-5-9-21-11)19-13-12-7-8-20-14(12)16(13,2)3/h11-14H,4-10H2,1-3H3,(H2,17,18,19). The van der Waals surface area contributed by atoms with Crippen molar-refractivity contribution >= 4 is 17.7 Å². The first-order chi connectivity index (χ1) is 10.1. The Hall–Kier alpha value is -0.420. The molecular formula is C16H29N3OS. The molecule has 0 spiro atoms. The maximum absolute atomic E-state index is 5.88. The maximum Gasteiger partial charge on any atom is 0.191 e. The van der Waals surface area contributed by atoms with Crippen molar-refractivity contribution in [1.82, 2.24) is 10.6 Å². The molecule has 120 valence electrons. The van der Waals surface area contributed by atoms with Crippen molar-refractivity contribution in [2.45, 2.75) is 57.4 Å². The van der Waals surface area contributed by atoms with Gasteiger partial charge < -0.3 is 15.4 Å². The van der Waals surface area contributed by atoms with Crippen LogP contribution in [-0.2, 0) is 4.74 Å². The Morgan fingerprint density at radius 3 is 2.95 bits per heavy atom. The summed E-state index contributed by atoms with van der Waals surface area (Å²) in [6, 6.07) is 0.485. The van der Waals surface area contributed by atoms with Gasteiger partial charge in [0.1, 0.15) is 0 Å². The highest BCUT2D eigenvalue weighted by molar-refractivity contribution is 8.00. The van der Waals surface area contributed by atoms with Gasteiger partial charge in [-0.15, -0.1) is 0 Å². The second-order valence-corrected chi connectivity index (χ2v) is 8.45. The molecule has 21 heavy (non-hydrogen) atoms. The Morgan fingerprint density at radius 1 is 1.38 bits per heavy atom. The zero-order valence-electron chi connectivity index (χ0n) is 13.5. The van der Waals surface area contributed by atoms with Crippen LogP contribution >= 0.6 is 11.8 Å². The van der Waals surface area contributed by atoms with E-state index < -0.39 is 0 Å². The predicted octanol–water partition coefficient (Wildman–Crippen LogP) is 2.25. The smallest absolute Gasteiger partial charge is 0.191 e. The zero-order chi connectivity index (χ0) is 14.9. The monoisotopic (exact) mass is 311 g/mol. The second kappa shape index (κ2) is 6.37. The zero-order valence-corrected chi connectivity index (χ0v) is 14.3. The molecule has 2 saturated heterocycles. The first-order valence-electron chi connectivity index (χ1n) is 8.41. The summed E-state index contributed by atoms with van der Waals surface area (Å²) in [6.45, 7) is 9.54. The van der Waals surface area contributed by atoms with Crippen LogP contribution in [-0.4, -0.2) is 48.8 Å². The first-order valence-corrected chi connectivity index (χ1v) is 9.46. The molecule has 2 aliphatic heterocycles. The van der Waals surface area contributed by atoms with Gasteiger partial charge >= 0.3 is 0 Å². The molecule has 0 bridgehead atoms. The van der Waals surface area contributed by atoms with Gasteiger partial charge in [0.25, 0.3) is 0 Å². The number of hydrogen-bond acceptors (Lipinski definition) is 3. The average Bonchev–Trinajstić information content (AvgIpc) is 3.11. The van der Waals surface area contributed by atoms with E-state index in [1.807, 2.05) is 0 Å². The van der Waals surface area contributed by atoms with Crippen LogP contribution in [0, 0.1) is 11.3 Å². The third-order valence-corrected chi connectivity index (χ3v) is 6.59. The summed E-state index contributed by atoms with van der Waals surface area (Å²) >= 11 is 2.07. The molecule has 1 aliphatic carbocycles. The average molecular weight is 311 g/mol. The van der Waals surface area contributed by atoms with Crippen molar-refractivity contribution in [2.24, 2.45) is 16.3 Å². The lowest BCUT2D eigenvalue weighted by atomic mass is 9.57. The van der Waals surface area contributed by atoms with Gasteiger partial charge in [-0.3, -0.25) is 4.99 Å². The molecule has 4 nitrogen and oxygen atoms in total. The topological polar surface area (TPSA) is 45.7 Å². The Kier molecular flexibility index (Phi) is 4.69. The third kappa shape index (κ3) is 3.04. The molecule has 3 rings (SSSR count). The Balaban J connectivity index is 1.60. The minimum atomic E-state index is 0.208. The summed E-state index contributed by atoms with van der Waals surface area (Å²) in [5, 5.41) is 7.82. The predicted molar refractivity (Wildman–Crippen MR) is 90.0 cm³/mol. The van der Waals surface area contributed by atoms with Crippen LogP contribution in [0.3, 0.4) is 0 Å². The molecule has 5 heteroatoms. The number of nitrogens with zero attached hydrogens (tertiary/aromatic N) is 1. The largest absolute Gasteiger partial charge is 0.377 e. The molecule has 0 amide bonds. The molecule has 0 aromatic carbocycles. The lowest BCUT2D eigenvalue weighted by Gasteiger charge is -2.54. The van der Waals surface area contributed by atoms with Crippen LogP contribution in [0.15, 0.2) is 4.99 Å². The molecular weight excluding hydrogens is 282 g/mol. The summed E-state index contributed by atoms with van der Waals surface area (Å²) in [5.74, 6) is 2.96. The quantitative estimate of drug-likeness (QED) is 0.617. The number of ether oxygens (including phenoxy) is 1. The van der Waals surface area contributed by atoms with Gasteiger partial charge in [-0.05, 0) is 31.9 Å². The van der Waals surface area contributed by atoms with E-state index >= 15 is 0 Å². The molecule has 1 saturated carbocycles. The highest BCUT2D eigenvalue weighted by Gasteiger charge is 2.59. The number of fused-ring (bicyclic) bond motifs is 1. The van der Waals surface area contributed by atoms with Crippen molar-refractivity contribution in [3.63, 3.8) is 0 Å². The van der Waals surface area contributed by atoms with Crippen molar-refractivity contribution in [3.05, 3.63) is 0 Å². The van der Waals surface area contributed by atoms with Crippen LogP contribution in [0.1, 0.15) is 40.0 Å². The molecule has 0 aromatic heterocycles. The Labute approximate surface area is 132 Å². The molecule has 0 radical (unpaired) electrons. The highest BCUT2D eigenvalue weighted by atomic mass is 32.2. The molecule has 3 fully saturated rings. The number of guanidine groups is 1. The fourth-order valence-electron chi connectivity index (χ4n) is 4.07. The highest BCUT2D eigenvalue weighted by Crippen LogP contribution is 2.52. The van der Waals surface area contributed by atoms with Crippen molar-refractivity contribution < 1.29 is 4.74 Å². The Bertz CT molecular complexity index is 393. The van der Waals surface area contributed by atoms with E-state index in [0.717, 1.165) is 30.9 Å². The summed E-state index contributed by atoms with van der Waals surface area (Å²) in [7, 11) is 0. The number of aliphatic imine (C=N–C) groups is 1. The van der Waals surface area contributed by atoms with Gasteiger partial charge in [-0.2, -0.15) is 11.8 Å². The van der Waals surface area contributed by atoms with Crippen LogP contribution < -0.4 is 10.6 Å². The summed E-state index contributed by atoms with van der Waals surface area (Å²) in [4.78, 5) is 4.83. The van der Waals surface area contributed by atoms with E-state index in [1.165, 1.54) is 25.0 Å².